The Kier molecular flexibility index (Phi) is 4.22. The van der Waals surface area contributed by atoms with Crippen molar-refractivity contribution in [2.75, 3.05) is 23.5 Å². The Morgan fingerprint density at radius 1 is 1.30 bits per heavy atom. The molecule has 1 aromatic carbocycles. The van der Waals surface area contributed by atoms with Gasteiger partial charge in [-0.05, 0) is 44.5 Å². The number of morpholine rings is 1. The standard InChI is InChI=1S/C13H21N3O3S/c1-9-6-12(4-5-13(9)14)15-20(17,18)16-7-10(2)19-11(3)8-16/h4-6,10-11,15H,7-8,14H2,1-3H3. The Hall–Kier alpha value is -1.31. The van der Waals surface area contributed by atoms with Crippen molar-refractivity contribution in [2.24, 2.45) is 0 Å². The number of nitrogens with zero attached hydrogens (tertiary/aromatic N) is 1. The average Bonchev–Trinajstić information content (AvgIpc) is 2.32. The molecule has 1 aromatic rings. The van der Waals surface area contributed by atoms with E-state index in [2.05, 4.69) is 4.72 Å². The smallest absolute Gasteiger partial charge is 0.301 e. The molecule has 7 heteroatoms. The van der Waals surface area contributed by atoms with Gasteiger partial charge in [-0.25, -0.2) is 0 Å². The van der Waals surface area contributed by atoms with E-state index in [-0.39, 0.29) is 12.2 Å². The van der Waals surface area contributed by atoms with Crippen molar-refractivity contribution in [3.63, 3.8) is 0 Å². The second-order valence-corrected chi connectivity index (χ2v) is 6.92. The number of aryl methyl sites for hydroxylation is 1. The normalized spacial score (nSPS) is 24.6. The number of nitrogen functional groups attached to an aromatic ring is 1. The Morgan fingerprint density at radius 2 is 1.90 bits per heavy atom. The summed E-state index contributed by atoms with van der Waals surface area (Å²) >= 11 is 0. The Bertz CT molecular complexity index is 579. The van der Waals surface area contributed by atoms with Crippen LogP contribution in [-0.4, -0.2) is 38.0 Å². The molecule has 112 valence electrons. The van der Waals surface area contributed by atoms with Crippen molar-refractivity contribution in [2.45, 2.75) is 33.0 Å². The van der Waals surface area contributed by atoms with Crippen LogP contribution in [-0.2, 0) is 14.9 Å². The molecule has 20 heavy (non-hydrogen) atoms. The van der Waals surface area contributed by atoms with E-state index < -0.39 is 10.2 Å². The molecule has 2 unspecified atom stereocenters. The molecule has 1 aliphatic rings. The molecule has 0 aliphatic carbocycles. The third-order valence-corrected chi connectivity index (χ3v) is 4.71. The van der Waals surface area contributed by atoms with Crippen LogP contribution < -0.4 is 10.5 Å². The highest BCUT2D eigenvalue weighted by molar-refractivity contribution is 7.90. The molecular weight excluding hydrogens is 278 g/mol. The first kappa shape index (κ1) is 15.1. The van der Waals surface area contributed by atoms with Crippen molar-refractivity contribution >= 4 is 21.6 Å². The number of anilines is 2. The first-order valence-electron chi connectivity index (χ1n) is 6.57. The number of benzene rings is 1. The topological polar surface area (TPSA) is 84.7 Å². The number of nitrogens with one attached hydrogen (secondary N) is 1. The molecule has 1 aliphatic heterocycles. The molecule has 1 saturated heterocycles. The van der Waals surface area contributed by atoms with Gasteiger partial charge in [-0.15, -0.1) is 0 Å². The molecule has 0 radical (unpaired) electrons. The third kappa shape index (κ3) is 3.41. The first-order chi connectivity index (χ1) is 9.28. The van der Waals surface area contributed by atoms with Crippen LogP contribution in [0.4, 0.5) is 11.4 Å². The van der Waals surface area contributed by atoms with Crippen molar-refractivity contribution in [1.29, 1.82) is 0 Å². The average molecular weight is 299 g/mol. The monoisotopic (exact) mass is 299 g/mol. The molecule has 0 bridgehead atoms. The van der Waals surface area contributed by atoms with Gasteiger partial charge in [0.25, 0.3) is 0 Å². The lowest BCUT2D eigenvalue weighted by molar-refractivity contribution is -0.0439. The minimum Gasteiger partial charge on any atom is -0.399 e. The SMILES string of the molecule is Cc1cc(NS(=O)(=O)N2CC(C)OC(C)C2)ccc1N. The van der Waals surface area contributed by atoms with E-state index in [1.807, 2.05) is 20.8 Å². The van der Waals surface area contributed by atoms with E-state index in [0.717, 1.165) is 5.56 Å². The summed E-state index contributed by atoms with van der Waals surface area (Å²) in [4.78, 5) is 0. The summed E-state index contributed by atoms with van der Waals surface area (Å²) in [6.07, 6.45) is -0.216. The summed E-state index contributed by atoms with van der Waals surface area (Å²) in [6, 6.07) is 5.07. The number of rotatable bonds is 3. The van der Waals surface area contributed by atoms with Crippen LogP contribution in [0.25, 0.3) is 0 Å². The van der Waals surface area contributed by atoms with Crippen LogP contribution in [0.5, 0.6) is 0 Å². The van der Waals surface area contributed by atoms with Gasteiger partial charge in [0.2, 0.25) is 0 Å². The number of nitrogens with two attached hydrogens (primary N) is 1. The van der Waals surface area contributed by atoms with Crippen molar-refractivity contribution in [3.05, 3.63) is 23.8 Å². The summed E-state index contributed by atoms with van der Waals surface area (Å²) in [5, 5.41) is 0. The van der Waals surface area contributed by atoms with Gasteiger partial charge < -0.3 is 10.5 Å². The molecule has 3 N–H and O–H groups in total. The Labute approximate surface area is 120 Å². The maximum atomic E-state index is 12.4. The number of ether oxygens (including phenoxy) is 1. The van der Waals surface area contributed by atoms with Crippen molar-refractivity contribution < 1.29 is 13.2 Å². The quantitative estimate of drug-likeness (QED) is 0.825. The third-order valence-electron chi connectivity index (χ3n) is 3.24. The van der Waals surface area contributed by atoms with E-state index in [0.29, 0.717) is 24.5 Å². The highest BCUT2D eigenvalue weighted by Gasteiger charge is 2.30. The molecule has 6 nitrogen and oxygen atoms in total. The minimum atomic E-state index is -3.57. The Balaban J connectivity index is 2.16. The van der Waals surface area contributed by atoms with Gasteiger partial charge in [-0.1, -0.05) is 0 Å². The van der Waals surface area contributed by atoms with E-state index in [9.17, 15) is 8.42 Å². The van der Waals surface area contributed by atoms with Crippen LogP contribution >= 0.6 is 0 Å². The molecule has 0 spiro atoms. The number of hydrogen-bond acceptors (Lipinski definition) is 4. The molecule has 0 saturated carbocycles. The predicted octanol–water partition coefficient (Wildman–Crippen LogP) is 1.34. The maximum Gasteiger partial charge on any atom is 0.301 e. The summed E-state index contributed by atoms with van der Waals surface area (Å²) in [7, 11) is -3.57. The first-order valence-corrected chi connectivity index (χ1v) is 8.01. The van der Waals surface area contributed by atoms with E-state index in [1.165, 1.54) is 4.31 Å². The fourth-order valence-corrected chi connectivity index (χ4v) is 3.65. The van der Waals surface area contributed by atoms with Gasteiger partial charge in [0.1, 0.15) is 0 Å². The van der Waals surface area contributed by atoms with Gasteiger partial charge in [0.15, 0.2) is 0 Å². The highest BCUT2D eigenvalue weighted by Crippen LogP contribution is 2.20. The van der Waals surface area contributed by atoms with Gasteiger partial charge in [-0.2, -0.15) is 12.7 Å². The number of hydrogen-bond donors (Lipinski definition) is 2. The molecule has 2 atom stereocenters. The summed E-state index contributed by atoms with van der Waals surface area (Å²) < 4.78 is 34.3. The molecule has 1 fully saturated rings. The van der Waals surface area contributed by atoms with Crippen LogP contribution in [0.15, 0.2) is 18.2 Å². The van der Waals surface area contributed by atoms with Crippen LogP contribution in [0.3, 0.4) is 0 Å². The van der Waals surface area contributed by atoms with Crippen molar-refractivity contribution in [3.8, 4) is 0 Å². The lowest BCUT2D eigenvalue weighted by atomic mass is 10.2. The largest absolute Gasteiger partial charge is 0.399 e. The zero-order valence-electron chi connectivity index (χ0n) is 12.0. The summed E-state index contributed by atoms with van der Waals surface area (Å²) in [5.74, 6) is 0. The fraction of sp³-hybridized carbons (Fsp3) is 0.538. The zero-order valence-corrected chi connectivity index (χ0v) is 12.8. The second kappa shape index (κ2) is 5.59. The van der Waals surface area contributed by atoms with Gasteiger partial charge in [-0.3, -0.25) is 4.72 Å². The van der Waals surface area contributed by atoms with E-state index >= 15 is 0 Å². The van der Waals surface area contributed by atoms with E-state index in [1.54, 1.807) is 18.2 Å². The summed E-state index contributed by atoms with van der Waals surface area (Å²) in [5.41, 5.74) is 7.73. The minimum absolute atomic E-state index is 0.108. The Morgan fingerprint density at radius 3 is 2.45 bits per heavy atom. The molecule has 2 rings (SSSR count). The lowest BCUT2D eigenvalue weighted by Gasteiger charge is -2.34. The van der Waals surface area contributed by atoms with Crippen LogP contribution in [0.2, 0.25) is 0 Å². The van der Waals surface area contributed by atoms with Gasteiger partial charge in [0, 0.05) is 18.8 Å². The van der Waals surface area contributed by atoms with Gasteiger partial charge in [0.05, 0.1) is 17.9 Å². The van der Waals surface area contributed by atoms with Crippen molar-refractivity contribution in [1.82, 2.24) is 4.31 Å². The van der Waals surface area contributed by atoms with Crippen LogP contribution in [0.1, 0.15) is 19.4 Å². The highest BCUT2D eigenvalue weighted by atomic mass is 32.2. The molecular formula is C13H21N3O3S. The molecule has 0 amide bonds. The van der Waals surface area contributed by atoms with E-state index in [4.69, 9.17) is 10.5 Å². The lowest BCUT2D eigenvalue weighted by Crippen LogP contribution is -2.49. The van der Waals surface area contributed by atoms with Gasteiger partial charge >= 0.3 is 10.2 Å². The molecule has 0 aromatic heterocycles. The van der Waals surface area contributed by atoms with Crippen LogP contribution in [0, 0.1) is 6.92 Å². The molecule has 1 heterocycles. The fourth-order valence-electron chi connectivity index (χ4n) is 2.28. The second-order valence-electron chi connectivity index (χ2n) is 5.25. The summed E-state index contributed by atoms with van der Waals surface area (Å²) in [6.45, 7) is 6.28. The maximum absolute atomic E-state index is 12.4. The predicted molar refractivity (Wildman–Crippen MR) is 79.7 cm³/mol. The zero-order chi connectivity index (χ0) is 14.9.